The Hall–Kier alpha value is -1.95. The van der Waals surface area contributed by atoms with E-state index in [9.17, 15) is 9.59 Å². The van der Waals surface area contributed by atoms with E-state index in [0.29, 0.717) is 13.1 Å². The summed E-state index contributed by atoms with van der Waals surface area (Å²) in [6, 6.07) is 7.69. The standard InChI is InChI=1S/C20H25N3O2S/c24-19(21-13-18-22-15-9-4-5-11-17(15)26-18)16-10-6-12-23(16)20(25)14-7-2-1-3-8-14/h4-5,9,11,14,16H,1-3,6-8,10,12-13H2,(H,21,24)/t16-/m1/s1. The van der Waals surface area contributed by atoms with Gasteiger partial charge in [0.25, 0.3) is 0 Å². The first-order valence-electron chi connectivity index (χ1n) is 9.65. The Kier molecular flexibility index (Phi) is 5.20. The molecule has 1 saturated carbocycles. The van der Waals surface area contributed by atoms with Gasteiger partial charge in [-0.05, 0) is 37.8 Å². The number of nitrogens with one attached hydrogen (secondary N) is 1. The monoisotopic (exact) mass is 371 g/mol. The summed E-state index contributed by atoms with van der Waals surface area (Å²) in [5, 5.41) is 3.91. The summed E-state index contributed by atoms with van der Waals surface area (Å²) in [5.74, 6) is 0.287. The fourth-order valence-electron chi connectivity index (χ4n) is 4.16. The van der Waals surface area contributed by atoms with Crippen LogP contribution in [-0.2, 0) is 16.1 Å². The number of hydrogen-bond acceptors (Lipinski definition) is 4. The largest absolute Gasteiger partial charge is 0.348 e. The molecule has 2 fully saturated rings. The third kappa shape index (κ3) is 3.61. The molecule has 0 radical (unpaired) electrons. The van der Waals surface area contributed by atoms with E-state index in [4.69, 9.17) is 0 Å². The summed E-state index contributed by atoms with van der Waals surface area (Å²) in [4.78, 5) is 31.9. The zero-order valence-corrected chi connectivity index (χ0v) is 15.8. The molecular weight excluding hydrogens is 346 g/mol. The first-order valence-corrected chi connectivity index (χ1v) is 10.5. The molecule has 26 heavy (non-hydrogen) atoms. The van der Waals surface area contributed by atoms with Gasteiger partial charge in [-0.25, -0.2) is 4.98 Å². The smallest absolute Gasteiger partial charge is 0.243 e. The highest BCUT2D eigenvalue weighted by atomic mass is 32.1. The van der Waals surface area contributed by atoms with Gasteiger partial charge >= 0.3 is 0 Å². The minimum Gasteiger partial charge on any atom is -0.348 e. The molecule has 5 nitrogen and oxygen atoms in total. The van der Waals surface area contributed by atoms with Crippen LogP contribution in [0.4, 0.5) is 0 Å². The van der Waals surface area contributed by atoms with Crippen LogP contribution in [-0.4, -0.2) is 34.3 Å². The third-order valence-corrected chi connectivity index (χ3v) is 6.58. The van der Waals surface area contributed by atoms with Gasteiger partial charge in [-0.15, -0.1) is 11.3 Å². The van der Waals surface area contributed by atoms with Crippen LogP contribution in [0.25, 0.3) is 10.2 Å². The minimum atomic E-state index is -0.307. The molecular formula is C20H25N3O2S. The second-order valence-corrected chi connectivity index (χ2v) is 8.43. The predicted octanol–water partition coefficient (Wildman–Crippen LogP) is 3.48. The molecule has 0 unspecified atom stereocenters. The van der Waals surface area contributed by atoms with Gasteiger partial charge in [0.15, 0.2) is 0 Å². The van der Waals surface area contributed by atoms with Crippen molar-refractivity contribution in [3.05, 3.63) is 29.3 Å². The number of benzene rings is 1. The lowest BCUT2D eigenvalue weighted by atomic mass is 9.88. The van der Waals surface area contributed by atoms with Crippen molar-refractivity contribution in [3.63, 3.8) is 0 Å². The fraction of sp³-hybridized carbons (Fsp3) is 0.550. The molecule has 1 aromatic heterocycles. The molecule has 2 amide bonds. The van der Waals surface area contributed by atoms with Gasteiger partial charge in [0.05, 0.1) is 16.8 Å². The molecule has 1 atom stereocenters. The molecule has 0 bridgehead atoms. The number of rotatable bonds is 4. The summed E-state index contributed by atoms with van der Waals surface area (Å²) < 4.78 is 1.13. The summed E-state index contributed by atoms with van der Waals surface area (Å²) in [5.41, 5.74) is 0.969. The van der Waals surface area contributed by atoms with E-state index in [2.05, 4.69) is 10.3 Å². The molecule has 2 aromatic rings. The summed E-state index contributed by atoms with van der Waals surface area (Å²) in [6.07, 6.45) is 7.15. The van der Waals surface area contributed by atoms with Gasteiger partial charge in [0.2, 0.25) is 11.8 Å². The van der Waals surface area contributed by atoms with Crippen molar-refractivity contribution in [1.29, 1.82) is 0 Å². The zero-order valence-electron chi connectivity index (χ0n) is 14.9. The van der Waals surface area contributed by atoms with Crippen LogP contribution in [0.2, 0.25) is 0 Å². The Balaban J connectivity index is 1.37. The first kappa shape index (κ1) is 17.5. The van der Waals surface area contributed by atoms with Crippen LogP contribution in [0.5, 0.6) is 0 Å². The van der Waals surface area contributed by atoms with Gasteiger partial charge in [-0.3, -0.25) is 9.59 Å². The lowest BCUT2D eigenvalue weighted by Crippen LogP contribution is -2.47. The van der Waals surface area contributed by atoms with Gasteiger partial charge in [-0.2, -0.15) is 0 Å². The van der Waals surface area contributed by atoms with Crippen molar-refractivity contribution in [2.75, 3.05) is 6.54 Å². The number of amides is 2. The average Bonchev–Trinajstić information content (AvgIpc) is 3.33. The van der Waals surface area contributed by atoms with Crippen molar-refractivity contribution in [3.8, 4) is 0 Å². The van der Waals surface area contributed by atoms with Crippen molar-refractivity contribution in [2.45, 2.75) is 57.5 Å². The molecule has 6 heteroatoms. The summed E-state index contributed by atoms with van der Waals surface area (Å²) in [6.45, 7) is 1.15. The third-order valence-electron chi connectivity index (χ3n) is 5.54. The van der Waals surface area contributed by atoms with Gasteiger partial charge in [0, 0.05) is 12.5 Å². The SMILES string of the molecule is O=C(NCc1nc2ccccc2s1)[C@H]1CCCN1C(=O)C1CCCCC1. The number of likely N-dealkylation sites (tertiary alicyclic amines) is 1. The number of thiazole rings is 1. The number of carbonyl (C=O) groups is 2. The number of para-hydroxylation sites is 1. The summed E-state index contributed by atoms with van der Waals surface area (Å²) >= 11 is 1.61. The highest BCUT2D eigenvalue weighted by molar-refractivity contribution is 7.18. The molecule has 1 N–H and O–H groups in total. The normalized spacial score (nSPS) is 21.2. The number of aromatic nitrogens is 1. The summed E-state index contributed by atoms with van der Waals surface area (Å²) in [7, 11) is 0. The quantitative estimate of drug-likeness (QED) is 0.895. The van der Waals surface area contributed by atoms with E-state index in [1.54, 1.807) is 11.3 Å². The number of nitrogens with zero attached hydrogens (tertiary/aromatic N) is 2. The van der Waals surface area contributed by atoms with E-state index in [-0.39, 0.29) is 23.8 Å². The van der Waals surface area contributed by atoms with Crippen molar-refractivity contribution >= 4 is 33.4 Å². The van der Waals surface area contributed by atoms with E-state index in [0.717, 1.165) is 53.7 Å². The number of fused-ring (bicyclic) bond motifs is 1. The molecule has 1 aliphatic heterocycles. The molecule has 2 heterocycles. The van der Waals surface area contributed by atoms with E-state index < -0.39 is 0 Å². The lowest BCUT2D eigenvalue weighted by Gasteiger charge is -2.30. The Labute approximate surface area is 157 Å². The van der Waals surface area contributed by atoms with Crippen LogP contribution in [0.15, 0.2) is 24.3 Å². The molecule has 0 spiro atoms. The molecule has 1 saturated heterocycles. The fourth-order valence-corrected chi connectivity index (χ4v) is 5.07. The van der Waals surface area contributed by atoms with Crippen molar-refractivity contribution < 1.29 is 9.59 Å². The second-order valence-electron chi connectivity index (χ2n) is 7.32. The average molecular weight is 372 g/mol. The predicted molar refractivity (Wildman–Crippen MR) is 103 cm³/mol. The molecule has 1 aliphatic carbocycles. The maximum atomic E-state index is 12.8. The van der Waals surface area contributed by atoms with Crippen LogP contribution in [0.3, 0.4) is 0 Å². The van der Waals surface area contributed by atoms with Crippen molar-refractivity contribution in [1.82, 2.24) is 15.2 Å². The van der Waals surface area contributed by atoms with Gasteiger partial charge < -0.3 is 10.2 Å². The molecule has 138 valence electrons. The minimum absolute atomic E-state index is 0.0362. The van der Waals surface area contributed by atoms with E-state index in [1.165, 1.54) is 6.42 Å². The number of carbonyl (C=O) groups excluding carboxylic acids is 2. The maximum Gasteiger partial charge on any atom is 0.243 e. The van der Waals surface area contributed by atoms with Gasteiger partial charge in [0.1, 0.15) is 11.0 Å². The van der Waals surface area contributed by atoms with Crippen LogP contribution < -0.4 is 5.32 Å². The van der Waals surface area contributed by atoms with Crippen molar-refractivity contribution in [2.24, 2.45) is 5.92 Å². The van der Waals surface area contributed by atoms with E-state index >= 15 is 0 Å². The van der Waals surface area contributed by atoms with Gasteiger partial charge in [-0.1, -0.05) is 31.4 Å². The Morgan fingerprint density at radius 2 is 1.92 bits per heavy atom. The Morgan fingerprint density at radius 3 is 2.73 bits per heavy atom. The lowest BCUT2D eigenvalue weighted by molar-refractivity contribution is -0.142. The number of hydrogen-bond donors (Lipinski definition) is 1. The second kappa shape index (κ2) is 7.74. The van der Waals surface area contributed by atoms with Crippen LogP contribution in [0.1, 0.15) is 50.0 Å². The first-order chi connectivity index (χ1) is 12.7. The molecule has 4 rings (SSSR count). The molecule has 2 aliphatic rings. The highest BCUT2D eigenvalue weighted by Crippen LogP contribution is 2.29. The van der Waals surface area contributed by atoms with Crippen LogP contribution >= 0.6 is 11.3 Å². The topological polar surface area (TPSA) is 62.3 Å². The van der Waals surface area contributed by atoms with E-state index in [1.807, 2.05) is 29.2 Å². The Morgan fingerprint density at radius 1 is 1.12 bits per heavy atom. The van der Waals surface area contributed by atoms with Crippen LogP contribution in [0, 0.1) is 5.92 Å². The highest BCUT2D eigenvalue weighted by Gasteiger charge is 2.37. The Bertz CT molecular complexity index is 764. The molecule has 1 aromatic carbocycles. The maximum absolute atomic E-state index is 12.8. The zero-order chi connectivity index (χ0) is 17.9.